The fourth-order valence-corrected chi connectivity index (χ4v) is 3.31. The Bertz CT molecular complexity index is 909. The number of Topliss-reactive ketones (excluding diaryl/α,β-unsaturated/α-hetero) is 1. The third kappa shape index (κ3) is 6.11. The van der Waals surface area contributed by atoms with E-state index in [0.717, 1.165) is 6.07 Å². The monoisotopic (exact) mass is 420 g/mol. The second kappa shape index (κ2) is 9.36. The van der Waals surface area contributed by atoms with Crippen LogP contribution in [0.15, 0.2) is 42.6 Å². The number of anilines is 1. The molecule has 1 fully saturated rings. The zero-order valence-corrected chi connectivity index (χ0v) is 16.6. The van der Waals surface area contributed by atoms with Gasteiger partial charge in [0.05, 0.1) is 6.54 Å². The Labute approximate surface area is 172 Å². The van der Waals surface area contributed by atoms with Crippen molar-refractivity contribution in [2.45, 2.75) is 19.6 Å². The molecule has 0 unspecified atom stereocenters. The van der Waals surface area contributed by atoms with Crippen LogP contribution in [0.3, 0.4) is 0 Å². The van der Waals surface area contributed by atoms with E-state index in [1.54, 1.807) is 30.3 Å². The highest BCUT2D eigenvalue weighted by Gasteiger charge is 2.32. The van der Waals surface area contributed by atoms with E-state index < -0.39 is 11.9 Å². The maximum Gasteiger partial charge on any atom is 0.433 e. The van der Waals surface area contributed by atoms with Crippen LogP contribution in [0.25, 0.3) is 0 Å². The van der Waals surface area contributed by atoms with Crippen molar-refractivity contribution in [3.05, 3.63) is 59.4 Å². The van der Waals surface area contributed by atoms with E-state index in [1.165, 1.54) is 13.1 Å². The summed E-state index contributed by atoms with van der Waals surface area (Å²) in [6.45, 7) is 4.66. The van der Waals surface area contributed by atoms with Gasteiger partial charge in [-0.3, -0.25) is 24.4 Å². The van der Waals surface area contributed by atoms with E-state index in [1.807, 2.05) is 4.90 Å². The lowest BCUT2D eigenvalue weighted by atomic mass is 10.1. The first-order chi connectivity index (χ1) is 14.2. The number of hydrogen-bond donors (Lipinski definition) is 1. The molecule has 1 amide bonds. The highest BCUT2D eigenvalue weighted by Crippen LogP contribution is 2.28. The van der Waals surface area contributed by atoms with Crippen LogP contribution in [0.2, 0.25) is 0 Å². The molecule has 0 radical (unpaired) electrons. The number of pyridine rings is 1. The molecule has 2 heterocycles. The van der Waals surface area contributed by atoms with Crippen LogP contribution in [-0.2, 0) is 17.5 Å². The lowest BCUT2D eigenvalue weighted by Gasteiger charge is -2.34. The van der Waals surface area contributed by atoms with E-state index in [9.17, 15) is 22.8 Å². The zero-order valence-electron chi connectivity index (χ0n) is 16.6. The number of ketones is 1. The molecular weight excluding hydrogens is 397 g/mol. The first-order valence-corrected chi connectivity index (χ1v) is 9.58. The van der Waals surface area contributed by atoms with Gasteiger partial charge in [-0.15, -0.1) is 0 Å². The summed E-state index contributed by atoms with van der Waals surface area (Å²) in [7, 11) is 0. The molecule has 0 spiro atoms. The molecule has 30 heavy (non-hydrogen) atoms. The molecule has 0 atom stereocenters. The number of carbonyl (C=O) groups excluding carboxylic acids is 2. The lowest BCUT2D eigenvalue weighted by Crippen LogP contribution is -2.48. The molecule has 3 rings (SSSR count). The zero-order chi connectivity index (χ0) is 21.7. The third-order valence-electron chi connectivity index (χ3n) is 4.91. The summed E-state index contributed by atoms with van der Waals surface area (Å²) in [6, 6.07) is 9.44. The van der Waals surface area contributed by atoms with Crippen LogP contribution >= 0.6 is 0 Å². The van der Waals surface area contributed by atoms with Gasteiger partial charge in [-0.1, -0.05) is 12.1 Å². The van der Waals surface area contributed by atoms with Crippen LogP contribution < -0.4 is 5.32 Å². The molecule has 1 aromatic heterocycles. The lowest BCUT2D eigenvalue weighted by molar-refractivity contribution is -0.141. The Hall–Kier alpha value is -2.78. The normalized spacial score (nSPS) is 15.7. The SMILES string of the molecule is CC(=O)c1cccc(NC(=O)CN2CCN(Cc3ccnc(C(F)(F)F)c3)CC2)c1. The first-order valence-electron chi connectivity index (χ1n) is 9.58. The molecular formula is C21H23F3N4O2. The number of carbonyl (C=O) groups is 2. The summed E-state index contributed by atoms with van der Waals surface area (Å²) >= 11 is 0. The molecule has 2 aromatic rings. The highest BCUT2D eigenvalue weighted by atomic mass is 19.4. The van der Waals surface area contributed by atoms with Crippen LogP contribution in [0.5, 0.6) is 0 Å². The van der Waals surface area contributed by atoms with Crippen molar-refractivity contribution >= 4 is 17.4 Å². The quantitative estimate of drug-likeness (QED) is 0.728. The molecule has 1 saturated heterocycles. The van der Waals surface area contributed by atoms with Gasteiger partial charge in [0.2, 0.25) is 5.91 Å². The molecule has 1 aromatic carbocycles. The van der Waals surface area contributed by atoms with Crippen molar-refractivity contribution in [3.63, 3.8) is 0 Å². The summed E-state index contributed by atoms with van der Waals surface area (Å²) in [6.07, 6.45) is -3.27. The molecule has 1 aliphatic heterocycles. The smallest absolute Gasteiger partial charge is 0.325 e. The number of amides is 1. The predicted octanol–water partition coefficient (Wildman–Crippen LogP) is 3.06. The summed E-state index contributed by atoms with van der Waals surface area (Å²) in [5, 5.41) is 2.80. The molecule has 160 valence electrons. The van der Waals surface area contributed by atoms with Gasteiger partial charge in [0.1, 0.15) is 5.69 Å². The van der Waals surface area contributed by atoms with Gasteiger partial charge >= 0.3 is 6.18 Å². The van der Waals surface area contributed by atoms with E-state index >= 15 is 0 Å². The minimum Gasteiger partial charge on any atom is -0.325 e. The van der Waals surface area contributed by atoms with Crippen LogP contribution in [0.1, 0.15) is 28.5 Å². The van der Waals surface area contributed by atoms with Crippen molar-refractivity contribution in [1.29, 1.82) is 0 Å². The number of nitrogens with one attached hydrogen (secondary N) is 1. The van der Waals surface area contributed by atoms with Gasteiger partial charge < -0.3 is 5.32 Å². The minimum atomic E-state index is -4.45. The second-order valence-electron chi connectivity index (χ2n) is 7.28. The Balaban J connectivity index is 1.47. The topological polar surface area (TPSA) is 65.5 Å². The van der Waals surface area contributed by atoms with Crippen molar-refractivity contribution < 1.29 is 22.8 Å². The minimum absolute atomic E-state index is 0.0706. The summed E-state index contributed by atoms with van der Waals surface area (Å²) in [5.41, 5.74) is 0.786. The van der Waals surface area contributed by atoms with E-state index in [4.69, 9.17) is 0 Å². The van der Waals surface area contributed by atoms with Crippen molar-refractivity contribution in [1.82, 2.24) is 14.8 Å². The van der Waals surface area contributed by atoms with Crippen molar-refractivity contribution in [3.8, 4) is 0 Å². The molecule has 0 aliphatic carbocycles. The standard InChI is InChI=1S/C21H23F3N4O2/c1-15(29)17-3-2-4-18(12-17)26-20(30)14-28-9-7-27(8-10-28)13-16-5-6-25-19(11-16)21(22,23)24/h2-6,11-12H,7-10,13-14H2,1H3,(H,26,30). The second-order valence-corrected chi connectivity index (χ2v) is 7.28. The summed E-state index contributed by atoms with van der Waals surface area (Å²) < 4.78 is 38.4. The number of aromatic nitrogens is 1. The van der Waals surface area contributed by atoms with Crippen LogP contribution in [0, 0.1) is 0 Å². The number of hydrogen-bond acceptors (Lipinski definition) is 5. The molecule has 6 nitrogen and oxygen atoms in total. The van der Waals surface area contributed by atoms with Gasteiger partial charge in [-0.05, 0) is 36.8 Å². The van der Waals surface area contributed by atoms with Crippen LogP contribution in [-0.4, -0.2) is 59.2 Å². The number of nitrogens with zero attached hydrogens (tertiary/aromatic N) is 3. The van der Waals surface area contributed by atoms with E-state index in [-0.39, 0.29) is 18.2 Å². The predicted molar refractivity (Wildman–Crippen MR) is 106 cm³/mol. The Morgan fingerprint density at radius 3 is 2.43 bits per heavy atom. The average molecular weight is 420 g/mol. The number of piperazine rings is 1. The Kier molecular flexibility index (Phi) is 6.84. The van der Waals surface area contributed by atoms with Gasteiger partial charge in [-0.25, -0.2) is 0 Å². The van der Waals surface area contributed by atoms with Gasteiger partial charge in [0.15, 0.2) is 5.78 Å². The Morgan fingerprint density at radius 1 is 1.07 bits per heavy atom. The molecule has 1 N–H and O–H groups in total. The fraction of sp³-hybridized carbons (Fsp3) is 0.381. The first kappa shape index (κ1) is 21.9. The fourth-order valence-electron chi connectivity index (χ4n) is 3.31. The third-order valence-corrected chi connectivity index (χ3v) is 4.91. The summed E-state index contributed by atoms with van der Waals surface area (Å²) in [4.78, 5) is 31.2. The highest BCUT2D eigenvalue weighted by molar-refractivity contribution is 5.97. The largest absolute Gasteiger partial charge is 0.433 e. The number of rotatable bonds is 6. The average Bonchev–Trinajstić information content (AvgIpc) is 2.69. The van der Waals surface area contributed by atoms with Gasteiger partial charge in [-0.2, -0.15) is 13.2 Å². The molecule has 0 saturated carbocycles. The maximum atomic E-state index is 12.8. The van der Waals surface area contributed by atoms with E-state index in [2.05, 4.69) is 15.2 Å². The van der Waals surface area contributed by atoms with E-state index in [0.29, 0.717) is 49.5 Å². The number of benzene rings is 1. The van der Waals surface area contributed by atoms with Gasteiger partial charge in [0.25, 0.3) is 0 Å². The van der Waals surface area contributed by atoms with Crippen molar-refractivity contribution in [2.75, 3.05) is 38.0 Å². The number of alkyl halides is 3. The Morgan fingerprint density at radius 2 is 1.77 bits per heavy atom. The van der Waals surface area contributed by atoms with Crippen LogP contribution in [0.4, 0.5) is 18.9 Å². The van der Waals surface area contributed by atoms with Crippen molar-refractivity contribution in [2.24, 2.45) is 0 Å². The summed E-state index contributed by atoms with van der Waals surface area (Å²) in [5.74, 6) is -0.244. The number of halogens is 3. The maximum absolute atomic E-state index is 12.8. The molecule has 1 aliphatic rings. The van der Waals surface area contributed by atoms with Gasteiger partial charge in [0, 0.05) is 50.2 Å². The molecule has 0 bridgehead atoms. The molecule has 9 heteroatoms.